The number of hydrogen-bond donors (Lipinski definition) is 1. The van der Waals surface area contributed by atoms with Crippen LogP contribution in [0.5, 0.6) is 5.75 Å². The Morgan fingerprint density at radius 3 is 2.67 bits per heavy atom. The molecule has 0 bridgehead atoms. The third-order valence-corrected chi connectivity index (χ3v) is 3.13. The van der Waals surface area contributed by atoms with Crippen LogP contribution in [0.25, 0.3) is 11.8 Å². The fraction of sp³-hybridized carbons (Fsp3) is 0.143. The summed E-state index contributed by atoms with van der Waals surface area (Å²) in [6, 6.07) is 11.5. The lowest BCUT2D eigenvalue weighted by Gasteiger charge is -2.14. The number of nitrogens with two attached hydrogens (primary N) is 1. The summed E-state index contributed by atoms with van der Waals surface area (Å²) in [5, 5.41) is 0. The number of para-hydroxylation sites is 1. The van der Waals surface area contributed by atoms with Gasteiger partial charge < -0.3 is 14.6 Å². The summed E-state index contributed by atoms with van der Waals surface area (Å²) in [5.41, 5.74) is 7.66. The van der Waals surface area contributed by atoms with Crippen molar-refractivity contribution in [2.45, 2.75) is 13.1 Å². The lowest BCUT2D eigenvalue weighted by Crippen LogP contribution is -2.13. The van der Waals surface area contributed by atoms with E-state index in [1.54, 1.807) is 6.26 Å². The van der Waals surface area contributed by atoms with E-state index in [9.17, 15) is 0 Å². The van der Waals surface area contributed by atoms with Crippen molar-refractivity contribution >= 4 is 20.8 Å². The molecule has 1 aromatic carbocycles. The van der Waals surface area contributed by atoms with Gasteiger partial charge in [0.05, 0.1) is 6.26 Å². The molecule has 0 saturated carbocycles. The first kappa shape index (κ1) is 12.5. The molecule has 0 aliphatic heterocycles. The predicted molar refractivity (Wildman–Crippen MR) is 76.7 cm³/mol. The summed E-state index contributed by atoms with van der Waals surface area (Å²) < 4.78 is 11.1. The standard InChI is InChI=1S/C14H17NO2Si/c1-18(2)17-14-8-4-3-7-12(14)13(15)10-11-6-5-9-16-11/h3-10,18H,15H2,1-2H3/b13-10-. The molecule has 1 aromatic heterocycles. The van der Waals surface area contributed by atoms with Crippen LogP contribution in [-0.2, 0) is 0 Å². The summed E-state index contributed by atoms with van der Waals surface area (Å²) in [6.07, 6.45) is 3.44. The second-order valence-corrected chi connectivity index (χ2v) is 6.61. The molecule has 2 aromatic rings. The molecule has 0 radical (unpaired) electrons. The molecule has 0 amide bonds. The van der Waals surface area contributed by atoms with E-state index < -0.39 is 9.04 Å². The van der Waals surface area contributed by atoms with Gasteiger partial charge in [-0.15, -0.1) is 0 Å². The SMILES string of the molecule is C[SiH](C)Oc1ccccc1/C(N)=C/c1ccco1. The van der Waals surface area contributed by atoms with Crippen LogP contribution >= 0.6 is 0 Å². The van der Waals surface area contributed by atoms with Gasteiger partial charge in [-0.25, -0.2) is 0 Å². The maximum absolute atomic E-state index is 6.10. The predicted octanol–water partition coefficient (Wildman–Crippen LogP) is 3.10. The average Bonchev–Trinajstić information content (AvgIpc) is 2.81. The second-order valence-electron chi connectivity index (χ2n) is 4.28. The Kier molecular flexibility index (Phi) is 3.89. The Balaban J connectivity index is 2.32. The summed E-state index contributed by atoms with van der Waals surface area (Å²) in [7, 11) is -1.15. The quantitative estimate of drug-likeness (QED) is 0.858. The van der Waals surface area contributed by atoms with E-state index in [4.69, 9.17) is 14.6 Å². The zero-order valence-electron chi connectivity index (χ0n) is 10.6. The van der Waals surface area contributed by atoms with Crippen LogP contribution in [0.15, 0.2) is 47.1 Å². The number of benzene rings is 1. The molecule has 2 N–H and O–H groups in total. The molecule has 1 heterocycles. The Morgan fingerprint density at radius 1 is 1.22 bits per heavy atom. The number of hydrogen-bond acceptors (Lipinski definition) is 3. The van der Waals surface area contributed by atoms with E-state index in [-0.39, 0.29) is 0 Å². The van der Waals surface area contributed by atoms with Crippen LogP contribution in [0.3, 0.4) is 0 Å². The summed E-state index contributed by atoms with van der Waals surface area (Å²) in [6.45, 7) is 4.26. The van der Waals surface area contributed by atoms with Gasteiger partial charge in [0, 0.05) is 17.3 Å². The molecule has 0 unspecified atom stereocenters. The molecule has 18 heavy (non-hydrogen) atoms. The van der Waals surface area contributed by atoms with Gasteiger partial charge in [0.25, 0.3) is 0 Å². The first-order valence-corrected chi connectivity index (χ1v) is 8.71. The number of furan rings is 1. The van der Waals surface area contributed by atoms with Crippen LogP contribution in [-0.4, -0.2) is 9.04 Å². The van der Waals surface area contributed by atoms with Crippen molar-refractivity contribution in [2.75, 3.05) is 0 Å². The highest BCUT2D eigenvalue weighted by atomic mass is 28.3. The van der Waals surface area contributed by atoms with E-state index in [0.717, 1.165) is 17.1 Å². The molecule has 0 aliphatic carbocycles. The fourth-order valence-electron chi connectivity index (χ4n) is 1.67. The van der Waals surface area contributed by atoms with Crippen molar-refractivity contribution in [1.82, 2.24) is 0 Å². The van der Waals surface area contributed by atoms with Crippen LogP contribution in [0.2, 0.25) is 13.1 Å². The van der Waals surface area contributed by atoms with Gasteiger partial charge in [-0.1, -0.05) is 12.1 Å². The molecule has 2 rings (SSSR count). The van der Waals surface area contributed by atoms with Crippen LogP contribution in [0.4, 0.5) is 0 Å². The maximum Gasteiger partial charge on any atom is 0.229 e. The second kappa shape index (κ2) is 5.60. The van der Waals surface area contributed by atoms with E-state index in [0.29, 0.717) is 5.70 Å². The van der Waals surface area contributed by atoms with Crippen LogP contribution in [0, 0.1) is 0 Å². The van der Waals surface area contributed by atoms with Gasteiger partial charge in [-0.2, -0.15) is 0 Å². The summed E-state index contributed by atoms with van der Waals surface area (Å²) >= 11 is 0. The zero-order valence-corrected chi connectivity index (χ0v) is 11.7. The molecule has 0 fully saturated rings. The summed E-state index contributed by atoms with van der Waals surface area (Å²) in [4.78, 5) is 0. The molecule has 0 atom stereocenters. The molecule has 0 spiro atoms. The minimum atomic E-state index is -1.15. The van der Waals surface area contributed by atoms with Crippen LogP contribution in [0.1, 0.15) is 11.3 Å². The minimum Gasteiger partial charge on any atom is -0.547 e. The minimum absolute atomic E-state index is 0.648. The molecular weight excluding hydrogens is 242 g/mol. The first-order valence-electron chi connectivity index (χ1n) is 5.93. The highest BCUT2D eigenvalue weighted by molar-refractivity contribution is 6.49. The van der Waals surface area contributed by atoms with Crippen molar-refractivity contribution in [3.05, 3.63) is 54.0 Å². The van der Waals surface area contributed by atoms with Gasteiger partial charge in [0.2, 0.25) is 9.04 Å². The highest BCUT2D eigenvalue weighted by Crippen LogP contribution is 2.25. The van der Waals surface area contributed by atoms with E-state index in [1.807, 2.05) is 42.5 Å². The molecule has 94 valence electrons. The van der Waals surface area contributed by atoms with Crippen molar-refractivity contribution in [3.8, 4) is 5.75 Å². The zero-order chi connectivity index (χ0) is 13.0. The highest BCUT2D eigenvalue weighted by Gasteiger charge is 2.08. The van der Waals surface area contributed by atoms with E-state index in [2.05, 4.69) is 13.1 Å². The van der Waals surface area contributed by atoms with Crippen molar-refractivity contribution in [2.24, 2.45) is 5.73 Å². The van der Waals surface area contributed by atoms with E-state index >= 15 is 0 Å². The lowest BCUT2D eigenvalue weighted by molar-refractivity contribution is 0.557. The molecule has 3 nitrogen and oxygen atoms in total. The summed E-state index contributed by atoms with van der Waals surface area (Å²) in [5.74, 6) is 1.59. The molecule has 0 saturated heterocycles. The largest absolute Gasteiger partial charge is 0.547 e. The maximum atomic E-state index is 6.10. The third kappa shape index (κ3) is 3.04. The van der Waals surface area contributed by atoms with Gasteiger partial charge in [0.15, 0.2) is 0 Å². The lowest BCUT2D eigenvalue weighted by atomic mass is 10.1. The van der Waals surface area contributed by atoms with Gasteiger partial charge in [-0.05, 0) is 37.4 Å². The first-order chi connectivity index (χ1) is 8.66. The normalized spacial score (nSPS) is 11.8. The Morgan fingerprint density at radius 2 is 2.00 bits per heavy atom. The van der Waals surface area contributed by atoms with Gasteiger partial charge in [-0.3, -0.25) is 0 Å². The fourth-order valence-corrected chi connectivity index (χ4v) is 2.38. The van der Waals surface area contributed by atoms with E-state index in [1.165, 1.54) is 0 Å². The smallest absolute Gasteiger partial charge is 0.229 e. The Labute approximate surface area is 109 Å². The van der Waals surface area contributed by atoms with Crippen LogP contribution < -0.4 is 10.2 Å². The molecular formula is C14H17NO2Si. The molecule has 0 aliphatic rings. The monoisotopic (exact) mass is 259 g/mol. The van der Waals surface area contributed by atoms with Gasteiger partial charge >= 0.3 is 0 Å². The average molecular weight is 259 g/mol. The van der Waals surface area contributed by atoms with Crippen molar-refractivity contribution < 1.29 is 8.84 Å². The topological polar surface area (TPSA) is 48.4 Å². The third-order valence-electron chi connectivity index (χ3n) is 2.40. The Bertz CT molecular complexity index is 532. The Hall–Kier alpha value is -1.94. The van der Waals surface area contributed by atoms with Gasteiger partial charge in [0.1, 0.15) is 11.5 Å². The molecule has 4 heteroatoms. The van der Waals surface area contributed by atoms with Crippen molar-refractivity contribution in [1.29, 1.82) is 0 Å². The van der Waals surface area contributed by atoms with Crippen molar-refractivity contribution in [3.63, 3.8) is 0 Å². The number of rotatable bonds is 4.